The molecule has 3 rings (SSSR count). The number of aromatic nitrogens is 3. The van der Waals surface area contributed by atoms with Gasteiger partial charge in [-0.15, -0.1) is 10.2 Å². The lowest BCUT2D eigenvalue weighted by atomic mass is 10.2. The number of methoxy groups -OCH3 is 3. The van der Waals surface area contributed by atoms with Gasteiger partial charge in [-0.1, -0.05) is 11.8 Å². The highest BCUT2D eigenvalue weighted by atomic mass is 32.2. The fourth-order valence-corrected chi connectivity index (χ4v) is 3.87. The van der Waals surface area contributed by atoms with Gasteiger partial charge in [0.1, 0.15) is 11.6 Å². The Morgan fingerprint density at radius 1 is 1.03 bits per heavy atom. The highest BCUT2D eigenvalue weighted by Gasteiger charge is 2.17. The first-order valence-electron chi connectivity index (χ1n) is 9.98. The van der Waals surface area contributed by atoms with E-state index in [9.17, 15) is 13.6 Å². The third kappa shape index (κ3) is 6.42. The quantitative estimate of drug-likeness (QED) is 0.329. The number of halogens is 2. The molecular weight excluding hydrogens is 454 g/mol. The molecule has 0 unspecified atom stereocenters. The Bertz CT molecular complexity index is 1090. The predicted molar refractivity (Wildman–Crippen MR) is 121 cm³/mol. The summed E-state index contributed by atoms with van der Waals surface area (Å²) in [5.74, 6) is -0.242. The Labute approximate surface area is 194 Å². The van der Waals surface area contributed by atoms with E-state index in [1.807, 2.05) is 10.6 Å². The van der Waals surface area contributed by atoms with E-state index in [1.165, 1.54) is 11.8 Å². The summed E-state index contributed by atoms with van der Waals surface area (Å²) in [6.45, 7) is 1.10. The van der Waals surface area contributed by atoms with E-state index in [2.05, 4.69) is 15.5 Å². The van der Waals surface area contributed by atoms with Crippen molar-refractivity contribution >= 4 is 23.4 Å². The van der Waals surface area contributed by atoms with Gasteiger partial charge in [-0.3, -0.25) is 4.79 Å². The van der Waals surface area contributed by atoms with Gasteiger partial charge in [0.15, 0.2) is 22.5 Å². The minimum Gasteiger partial charge on any atom is -0.493 e. The monoisotopic (exact) mass is 478 g/mol. The van der Waals surface area contributed by atoms with Gasteiger partial charge in [0, 0.05) is 37.6 Å². The molecule has 0 fully saturated rings. The summed E-state index contributed by atoms with van der Waals surface area (Å²) in [7, 11) is 4.73. The van der Waals surface area contributed by atoms with E-state index in [0.29, 0.717) is 42.1 Å². The molecule has 0 atom stereocenters. The molecule has 2 aromatic carbocycles. The fourth-order valence-electron chi connectivity index (χ4n) is 3.11. The van der Waals surface area contributed by atoms with Gasteiger partial charge in [-0.2, -0.15) is 0 Å². The van der Waals surface area contributed by atoms with Crippen molar-refractivity contribution in [2.24, 2.45) is 0 Å². The zero-order chi connectivity index (χ0) is 23.8. The number of rotatable bonds is 11. The molecule has 0 aliphatic rings. The van der Waals surface area contributed by atoms with E-state index in [-0.39, 0.29) is 11.4 Å². The number of nitrogens with one attached hydrogen (secondary N) is 1. The highest BCUT2D eigenvalue weighted by Crippen LogP contribution is 2.33. The maximum absolute atomic E-state index is 13.4. The van der Waals surface area contributed by atoms with Crippen molar-refractivity contribution in [3.05, 3.63) is 48.0 Å². The van der Waals surface area contributed by atoms with Gasteiger partial charge < -0.3 is 24.1 Å². The number of ether oxygens (including phenoxy) is 3. The second-order valence-corrected chi connectivity index (χ2v) is 7.81. The number of amides is 1. The summed E-state index contributed by atoms with van der Waals surface area (Å²) in [5.41, 5.74) is 0.815. The summed E-state index contributed by atoms with van der Waals surface area (Å²) >= 11 is 1.17. The van der Waals surface area contributed by atoms with E-state index in [1.54, 1.807) is 33.5 Å². The molecule has 1 amide bonds. The molecule has 1 N–H and O–H groups in total. The molecular formula is C22H24F2N4O4S. The van der Waals surface area contributed by atoms with Crippen LogP contribution in [0.4, 0.5) is 14.5 Å². The van der Waals surface area contributed by atoms with Crippen molar-refractivity contribution in [1.29, 1.82) is 0 Å². The summed E-state index contributed by atoms with van der Waals surface area (Å²) in [6, 6.07) is 8.26. The summed E-state index contributed by atoms with van der Waals surface area (Å²) < 4.78 is 44.4. The first-order valence-corrected chi connectivity index (χ1v) is 11.0. The Morgan fingerprint density at radius 2 is 1.76 bits per heavy atom. The van der Waals surface area contributed by atoms with Crippen LogP contribution < -0.4 is 14.8 Å². The Kier molecular flexibility index (Phi) is 8.61. The molecule has 8 nitrogen and oxygen atoms in total. The smallest absolute Gasteiger partial charge is 0.234 e. The zero-order valence-electron chi connectivity index (χ0n) is 18.4. The number of benzene rings is 2. The molecule has 33 heavy (non-hydrogen) atoms. The van der Waals surface area contributed by atoms with E-state index in [4.69, 9.17) is 14.2 Å². The molecule has 0 radical (unpaired) electrons. The number of carbonyl (C=O) groups excluding carboxylic acids is 1. The maximum atomic E-state index is 13.4. The average Bonchev–Trinajstić information content (AvgIpc) is 3.19. The highest BCUT2D eigenvalue weighted by molar-refractivity contribution is 7.99. The van der Waals surface area contributed by atoms with Gasteiger partial charge in [-0.05, 0) is 36.8 Å². The van der Waals surface area contributed by atoms with Gasteiger partial charge in [0.25, 0.3) is 0 Å². The lowest BCUT2D eigenvalue weighted by Crippen LogP contribution is -2.15. The van der Waals surface area contributed by atoms with Crippen molar-refractivity contribution in [3.8, 4) is 22.9 Å². The molecule has 176 valence electrons. The number of anilines is 1. The van der Waals surface area contributed by atoms with Crippen LogP contribution >= 0.6 is 11.8 Å². The number of hydrogen-bond donors (Lipinski definition) is 1. The molecule has 0 aliphatic carbocycles. The Morgan fingerprint density at radius 3 is 2.42 bits per heavy atom. The lowest BCUT2D eigenvalue weighted by Gasteiger charge is -2.12. The SMILES string of the molecule is COCCCn1c(SCC(=O)Nc2cc(F)cc(F)c2)nnc1-c1ccc(OC)c(OC)c1. The average molecular weight is 479 g/mol. The lowest BCUT2D eigenvalue weighted by molar-refractivity contribution is -0.113. The Hall–Kier alpha value is -3.18. The van der Waals surface area contributed by atoms with Crippen LogP contribution in [0.3, 0.4) is 0 Å². The number of nitrogens with zero attached hydrogens (tertiary/aromatic N) is 3. The van der Waals surface area contributed by atoms with Gasteiger partial charge in [0.2, 0.25) is 5.91 Å². The summed E-state index contributed by atoms with van der Waals surface area (Å²) in [4.78, 5) is 12.3. The van der Waals surface area contributed by atoms with Crippen molar-refractivity contribution in [2.45, 2.75) is 18.1 Å². The van der Waals surface area contributed by atoms with Crippen LogP contribution in [-0.2, 0) is 16.1 Å². The molecule has 11 heteroatoms. The van der Waals surface area contributed by atoms with Crippen LogP contribution in [0, 0.1) is 11.6 Å². The van der Waals surface area contributed by atoms with E-state index in [0.717, 1.165) is 23.8 Å². The first-order chi connectivity index (χ1) is 15.9. The Balaban J connectivity index is 1.78. The standard InChI is InChI=1S/C22H24F2N4O4S/c1-30-8-4-7-28-21(14-5-6-18(31-2)19(9-14)32-3)26-27-22(28)33-13-20(29)25-17-11-15(23)10-16(24)12-17/h5-6,9-12H,4,7-8,13H2,1-3H3,(H,25,29). The minimum atomic E-state index is -0.768. The van der Waals surface area contributed by atoms with Crippen LogP contribution in [0.2, 0.25) is 0 Å². The second kappa shape index (κ2) is 11.6. The van der Waals surface area contributed by atoms with Crippen molar-refractivity contribution in [2.75, 3.05) is 39.0 Å². The summed E-state index contributed by atoms with van der Waals surface area (Å²) in [5, 5.41) is 11.6. The second-order valence-electron chi connectivity index (χ2n) is 6.87. The van der Waals surface area contributed by atoms with Crippen LogP contribution in [-0.4, -0.2) is 54.4 Å². The van der Waals surface area contributed by atoms with Crippen LogP contribution in [0.15, 0.2) is 41.6 Å². The van der Waals surface area contributed by atoms with Crippen LogP contribution in [0.1, 0.15) is 6.42 Å². The van der Waals surface area contributed by atoms with Gasteiger partial charge >= 0.3 is 0 Å². The van der Waals surface area contributed by atoms with Gasteiger partial charge in [0.05, 0.1) is 20.0 Å². The molecule has 0 spiro atoms. The third-order valence-corrected chi connectivity index (χ3v) is 5.53. The molecule has 0 saturated heterocycles. The van der Waals surface area contributed by atoms with Crippen molar-refractivity contribution < 1.29 is 27.8 Å². The van der Waals surface area contributed by atoms with E-state index < -0.39 is 17.5 Å². The molecule has 3 aromatic rings. The molecule has 0 bridgehead atoms. The normalized spacial score (nSPS) is 10.8. The number of thioether (sulfide) groups is 1. The predicted octanol–water partition coefficient (Wildman–Crippen LogP) is 4.01. The van der Waals surface area contributed by atoms with Crippen molar-refractivity contribution in [3.63, 3.8) is 0 Å². The molecule has 1 heterocycles. The fraction of sp³-hybridized carbons (Fsp3) is 0.318. The van der Waals surface area contributed by atoms with Crippen molar-refractivity contribution in [1.82, 2.24) is 14.8 Å². The first kappa shape index (κ1) is 24.5. The molecule has 0 saturated carbocycles. The zero-order valence-corrected chi connectivity index (χ0v) is 19.2. The third-order valence-electron chi connectivity index (χ3n) is 4.57. The molecule has 0 aliphatic heterocycles. The topological polar surface area (TPSA) is 87.5 Å². The largest absolute Gasteiger partial charge is 0.493 e. The van der Waals surface area contributed by atoms with Crippen LogP contribution in [0.25, 0.3) is 11.4 Å². The molecule has 1 aromatic heterocycles. The van der Waals surface area contributed by atoms with Crippen LogP contribution in [0.5, 0.6) is 11.5 Å². The number of carbonyl (C=O) groups is 1. The maximum Gasteiger partial charge on any atom is 0.234 e. The summed E-state index contributed by atoms with van der Waals surface area (Å²) in [6.07, 6.45) is 0.706. The van der Waals surface area contributed by atoms with E-state index >= 15 is 0 Å². The number of hydrogen-bond acceptors (Lipinski definition) is 7. The van der Waals surface area contributed by atoms with Gasteiger partial charge in [-0.25, -0.2) is 8.78 Å². The minimum absolute atomic E-state index is 0.0214.